The molecule has 2 aromatic carbocycles. The first kappa shape index (κ1) is 19.1. The van der Waals surface area contributed by atoms with Gasteiger partial charge < -0.3 is 9.47 Å². The second kappa shape index (κ2) is 9.30. The zero-order chi connectivity index (χ0) is 18.4. The van der Waals surface area contributed by atoms with Crippen LogP contribution in [0.15, 0.2) is 36.4 Å². The van der Waals surface area contributed by atoms with Crippen LogP contribution >= 0.6 is 23.2 Å². The van der Waals surface area contributed by atoms with Gasteiger partial charge in [-0.25, -0.2) is 0 Å². The fourth-order valence-electron chi connectivity index (χ4n) is 2.63. The molecule has 1 saturated heterocycles. The standard InChI is InChI=1S/C21H20Cl2NO2/c1-16-14-17(4-2-3-9-24-10-12-25-13-11-24)5-8-21(16)26-18-6-7-19(22)20(23)15-18/h5-8,14-15H,1,3,9-13H2. The third-order valence-electron chi connectivity index (χ3n) is 4.07. The lowest BCUT2D eigenvalue weighted by Gasteiger charge is -2.25. The quantitative estimate of drug-likeness (QED) is 0.684. The maximum atomic E-state index is 6.02. The Morgan fingerprint density at radius 1 is 1.08 bits per heavy atom. The number of morpholine rings is 1. The summed E-state index contributed by atoms with van der Waals surface area (Å²) in [4.78, 5) is 2.37. The van der Waals surface area contributed by atoms with E-state index in [0.717, 1.165) is 50.4 Å². The van der Waals surface area contributed by atoms with Crippen molar-refractivity contribution in [3.8, 4) is 23.3 Å². The van der Waals surface area contributed by atoms with E-state index in [1.165, 1.54) is 0 Å². The van der Waals surface area contributed by atoms with Crippen LogP contribution in [0.5, 0.6) is 11.5 Å². The van der Waals surface area contributed by atoms with Gasteiger partial charge in [-0.2, -0.15) is 0 Å². The number of benzene rings is 2. The Hall–Kier alpha value is -1.70. The average molecular weight is 389 g/mol. The summed E-state index contributed by atoms with van der Waals surface area (Å²) in [7, 11) is 0. The summed E-state index contributed by atoms with van der Waals surface area (Å²) in [6.07, 6.45) is 0.841. The molecule has 0 aromatic heterocycles. The number of halogens is 2. The van der Waals surface area contributed by atoms with Gasteiger partial charge in [0.2, 0.25) is 0 Å². The molecule has 1 aliphatic rings. The Morgan fingerprint density at radius 2 is 1.88 bits per heavy atom. The highest BCUT2D eigenvalue weighted by Gasteiger charge is 2.08. The number of hydrogen-bond donors (Lipinski definition) is 0. The van der Waals surface area contributed by atoms with Crippen LogP contribution in [0.25, 0.3) is 0 Å². The smallest absolute Gasteiger partial charge is 0.130 e. The molecule has 1 radical (unpaired) electrons. The molecule has 0 N–H and O–H groups in total. The Balaban J connectivity index is 1.58. The lowest BCUT2D eigenvalue weighted by molar-refractivity contribution is 0.0390. The van der Waals surface area contributed by atoms with E-state index in [4.69, 9.17) is 32.7 Å². The van der Waals surface area contributed by atoms with E-state index in [9.17, 15) is 0 Å². The summed E-state index contributed by atoms with van der Waals surface area (Å²) in [6, 6.07) is 10.9. The Labute approximate surface area is 164 Å². The molecule has 135 valence electrons. The first-order valence-corrected chi connectivity index (χ1v) is 9.25. The highest BCUT2D eigenvalue weighted by atomic mass is 35.5. The van der Waals surface area contributed by atoms with Crippen molar-refractivity contribution < 1.29 is 9.47 Å². The van der Waals surface area contributed by atoms with Gasteiger partial charge in [0.25, 0.3) is 0 Å². The highest BCUT2D eigenvalue weighted by molar-refractivity contribution is 6.42. The van der Waals surface area contributed by atoms with Gasteiger partial charge in [0.15, 0.2) is 0 Å². The highest BCUT2D eigenvalue weighted by Crippen LogP contribution is 2.31. The average Bonchev–Trinajstić information content (AvgIpc) is 2.65. The minimum absolute atomic E-state index is 0.456. The Kier molecular flexibility index (Phi) is 6.82. The molecule has 3 nitrogen and oxygen atoms in total. The van der Waals surface area contributed by atoms with Crippen molar-refractivity contribution in [3.05, 3.63) is 64.5 Å². The molecule has 3 rings (SSSR count). The van der Waals surface area contributed by atoms with Gasteiger partial charge in [-0.3, -0.25) is 4.90 Å². The molecule has 2 aromatic rings. The molecule has 0 unspecified atom stereocenters. The summed E-state index contributed by atoms with van der Waals surface area (Å²) < 4.78 is 11.2. The molecule has 0 spiro atoms. The Morgan fingerprint density at radius 3 is 2.62 bits per heavy atom. The van der Waals surface area contributed by atoms with Crippen LogP contribution in [-0.2, 0) is 4.74 Å². The summed E-state index contributed by atoms with van der Waals surface area (Å²) in [5.74, 6) is 7.70. The van der Waals surface area contributed by atoms with Crippen molar-refractivity contribution in [1.82, 2.24) is 4.90 Å². The lowest BCUT2D eigenvalue weighted by atomic mass is 10.1. The molecule has 5 heteroatoms. The molecule has 0 atom stereocenters. The minimum atomic E-state index is 0.456. The summed E-state index contributed by atoms with van der Waals surface area (Å²) >= 11 is 11.9. The first-order chi connectivity index (χ1) is 12.6. The van der Waals surface area contributed by atoms with Crippen LogP contribution in [-0.4, -0.2) is 37.7 Å². The number of rotatable bonds is 4. The van der Waals surface area contributed by atoms with Gasteiger partial charge in [-0.1, -0.05) is 35.0 Å². The number of ether oxygens (including phenoxy) is 2. The van der Waals surface area contributed by atoms with Crippen molar-refractivity contribution in [2.75, 3.05) is 32.8 Å². The fourth-order valence-corrected chi connectivity index (χ4v) is 2.92. The monoisotopic (exact) mass is 388 g/mol. The van der Waals surface area contributed by atoms with Gasteiger partial charge in [-0.15, -0.1) is 0 Å². The fraction of sp³-hybridized carbons (Fsp3) is 0.286. The second-order valence-electron chi connectivity index (χ2n) is 6.01. The largest absolute Gasteiger partial charge is 0.457 e. The molecule has 26 heavy (non-hydrogen) atoms. The van der Waals surface area contributed by atoms with Crippen molar-refractivity contribution >= 4 is 23.2 Å². The van der Waals surface area contributed by atoms with Gasteiger partial charge in [-0.05, 0) is 42.8 Å². The molecular formula is C21H20Cl2NO2. The summed E-state index contributed by atoms with van der Waals surface area (Å²) in [5, 5.41) is 0.953. The first-order valence-electron chi connectivity index (χ1n) is 8.50. The van der Waals surface area contributed by atoms with E-state index >= 15 is 0 Å². The third-order valence-corrected chi connectivity index (χ3v) is 4.81. The molecule has 1 heterocycles. The van der Waals surface area contributed by atoms with Crippen LogP contribution in [0.4, 0.5) is 0 Å². The van der Waals surface area contributed by atoms with Crippen LogP contribution in [0.2, 0.25) is 10.0 Å². The molecule has 1 fully saturated rings. The predicted octanol–water partition coefficient (Wildman–Crippen LogP) is 5.04. The van der Waals surface area contributed by atoms with Crippen LogP contribution in [0.3, 0.4) is 0 Å². The van der Waals surface area contributed by atoms with E-state index in [1.807, 2.05) is 18.2 Å². The van der Waals surface area contributed by atoms with Gasteiger partial charge in [0.05, 0.1) is 23.3 Å². The lowest BCUT2D eigenvalue weighted by Crippen LogP contribution is -2.36. The molecule has 0 amide bonds. The molecule has 1 aliphatic heterocycles. The van der Waals surface area contributed by atoms with E-state index < -0.39 is 0 Å². The zero-order valence-electron chi connectivity index (χ0n) is 14.4. The molecule has 0 bridgehead atoms. The zero-order valence-corrected chi connectivity index (χ0v) is 15.9. The molecule has 0 aliphatic carbocycles. The molecule has 0 saturated carbocycles. The van der Waals surface area contributed by atoms with Crippen LogP contribution in [0, 0.1) is 18.8 Å². The van der Waals surface area contributed by atoms with E-state index in [2.05, 4.69) is 23.7 Å². The number of hydrogen-bond acceptors (Lipinski definition) is 3. The van der Waals surface area contributed by atoms with Crippen LogP contribution < -0.4 is 4.74 Å². The summed E-state index contributed by atoms with van der Waals surface area (Å²) in [5.41, 5.74) is 1.70. The number of nitrogens with zero attached hydrogens (tertiary/aromatic N) is 1. The van der Waals surface area contributed by atoms with E-state index in [0.29, 0.717) is 21.5 Å². The minimum Gasteiger partial charge on any atom is -0.457 e. The molecular weight excluding hydrogens is 369 g/mol. The predicted molar refractivity (Wildman–Crippen MR) is 106 cm³/mol. The van der Waals surface area contributed by atoms with Crippen LogP contribution in [0.1, 0.15) is 17.5 Å². The van der Waals surface area contributed by atoms with Gasteiger partial charge in [0.1, 0.15) is 11.5 Å². The topological polar surface area (TPSA) is 21.7 Å². The van der Waals surface area contributed by atoms with Crippen molar-refractivity contribution in [1.29, 1.82) is 0 Å². The second-order valence-corrected chi connectivity index (χ2v) is 6.82. The SMILES string of the molecule is [CH2]c1cc(C#CCCN2CCOCC2)ccc1Oc1ccc(Cl)c(Cl)c1. The third kappa shape index (κ3) is 5.40. The van der Waals surface area contributed by atoms with Crippen molar-refractivity contribution in [3.63, 3.8) is 0 Å². The maximum absolute atomic E-state index is 6.02. The normalized spacial score (nSPS) is 14.6. The van der Waals surface area contributed by atoms with Gasteiger partial charge >= 0.3 is 0 Å². The van der Waals surface area contributed by atoms with Gasteiger partial charge in [0, 0.05) is 37.7 Å². The van der Waals surface area contributed by atoms with E-state index in [-0.39, 0.29) is 0 Å². The maximum Gasteiger partial charge on any atom is 0.130 e. The summed E-state index contributed by atoms with van der Waals surface area (Å²) in [6.45, 7) is 8.64. The van der Waals surface area contributed by atoms with E-state index in [1.54, 1.807) is 18.2 Å². The van der Waals surface area contributed by atoms with Crippen molar-refractivity contribution in [2.45, 2.75) is 6.42 Å². The Bertz CT molecular complexity index is 820. The van der Waals surface area contributed by atoms with Crippen molar-refractivity contribution in [2.24, 2.45) is 0 Å².